The predicted molar refractivity (Wildman–Crippen MR) is 107 cm³/mol. The molecule has 1 atom stereocenters. The standard InChI is InChI=1S/C19H19FN8O2/c1-9(25-19(29)16-11(7-21)17(22)24-8-23-16)15-5-14(28-30-15)18-26-12-3-2-10(6-20)4-13(12)27-18/h2-5,8-9H,6-7,21H2,1H3,(H,25,29)(H,26,27)(H2,22,23,24)/t9-/m0/s1. The summed E-state index contributed by atoms with van der Waals surface area (Å²) >= 11 is 0. The number of aromatic nitrogens is 5. The minimum absolute atomic E-state index is 0.0342. The molecule has 4 rings (SSSR count). The average Bonchev–Trinajstić information content (AvgIpc) is 3.39. The summed E-state index contributed by atoms with van der Waals surface area (Å²) in [6, 6.07) is 6.25. The number of nitrogens with zero attached hydrogens (tertiary/aromatic N) is 4. The fraction of sp³-hybridized carbons (Fsp3) is 0.211. The van der Waals surface area contributed by atoms with Crippen molar-refractivity contribution in [3.05, 3.63) is 53.2 Å². The zero-order chi connectivity index (χ0) is 21.3. The van der Waals surface area contributed by atoms with Crippen molar-refractivity contribution in [1.82, 2.24) is 30.4 Å². The number of benzene rings is 1. The molecule has 0 aliphatic heterocycles. The van der Waals surface area contributed by atoms with Crippen LogP contribution in [0.4, 0.5) is 10.2 Å². The van der Waals surface area contributed by atoms with Gasteiger partial charge in [-0.25, -0.2) is 19.3 Å². The van der Waals surface area contributed by atoms with E-state index in [9.17, 15) is 9.18 Å². The Morgan fingerprint density at radius 2 is 2.17 bits per heavy atom. The average molecular weight is 410 g/mol. The number of carbonyl (C=O) groups is 1. The topological polar surface area (TPSA) is 162 Å². The lowest BCUT2D eigenvalue weighted by molar-refractivity contribution is 0.0927. The van der Waals surface area contributed by atoms with E-state index in [1.807, 2.05) is 0 Å². The molecule has 0 saturated carbocycles. The highest BCUT2D eigenvalue weighted by Gasteiger charge is 2.21. The largest absolute Gasteiger partial charge is 0.383 e. The summed E-state index contributed by atoms with van der Waals surface area (Å²) in [5.74, 6) is 0.591. The van der Waals surface area contributed by atoms with E-state index in [1.54, 1.807) is 31.2 Å². The van der Waals surface area contributed by atoms with Gasteiger partial charge in [0.1, 0.15) is 30.2 Å². The number of rotatable bonds is 6. The van der Waals surface area contributed by atoms with E-state index in [-0.39, 0.29) is 18.1 Å². The highest BCUT2D eigenvalue weighted by Crippen LogP contribution is 2.24. The SMILES string of the molecule is C[C@H](NC(=O)c1ncnc(N)c1CN)c1cc(-c2nc3ccc(CF)cc3[nH]2)no1. The van der Waals surface area contributed by atoms with Crippen molar-refractivity contribution in [2.75, 3.05) is 5.73 Å². The van der Waals surface area contributed by atoms with Gasteiger partial charge in [0.25, 0.3) is 5.91 Å². The Bertz CT molecular complexity index is 1220. The third kappa shape index (κ3) is 3.57. The summed E-state index contributed by atoms with van der Waals surface area (Å²) in [5.41, 5.74) is 14.3. The highest BCUT2D eigenvalue weighted by molar-refractivity contribution is 5.94. The Morgan fingerprint density at radius 1 is 1.33 bits per heavy atom. The molecule has 1 amide bonds. The molecule has 11 heteroatoms. The monoisotopic (exact) mass is 410 g/mol. The third-order valence-corrected chi connectivity index (χ3v) is 4.64. The van der Waals surface area contributed by atoms with Gasteiger partial charge < -0.3 is 26.3 Å². The van der Waals surface area contributed by atoms with E-state index in [1.165, 1.54) is 6.33 Å². The molecule has 0 radical (unpaired) electrons. The minimum Gasteiger partial charge on any atom is -0.383 e. The lowest BCUT2D eigenvalue weighted by Gasteiger charge is -2.12. The molecule has 0 spiro atoms. The van der Waals surface area contributed by atoms with Gasteiger partial charge in [-0.15, -0.1) is 0 Å². The van der Waals surface area contributed by atoms with Gasteiger partial charge in [-0.3, -0.25) is 4.79 Å². The normalized spacial score (nSPS) is 12.2. The quantitative estimate of drug-likeness (QED) is 0.375. The van der Waals surface area contributed by atoms with Crippen molar-refractivity contribution in [2.24, 2.45) is 5.73 Å². The predicted octanol–water partition coefficient (Wildman–Crippen LogP) is 2.01. The molecule has 4 aromatic rings. The van der Waals surface area contributed by atoms with Gasteiger partial charge in [0, 0.05) is 18.2 Å². The zero-order valence-corrected chi connectivity index (χ0v) is 16.0. The third-order valence-electron chi connectivity index (χ3n) is 4.64. The second kappa shape index (κ2) is 7.87. The van der Waals surface area contributed by atoms with Crippen LogP contribution in [0.3, 0.4) is 0 Å². The number of carbonyl (C=O) groups excluding carboxylic acids is 1. The van der Waals surface area contributed by atoms with Gasteiger partial charge in [0.15, 0.2) is 11.6 Å². The number of anilines is 1. The van der Waals surface area contributed by atoms with Crippen molar-refractivity contribution in [3.8, 4) is 11.5 Å². The Hall–Kier alpha value is -3.86. The van der Waals surface area contributed by atoms with Crippen LogP contribution in [-0.2, 0) is 13.2 Å². The summed E-state index contributed by atoms with van der Waals surface area (Å²) in [4.78, 5) is 27.9. The van der Waals surface area contributed by atoms with E-state index >= 15 is 0 Å². The molecule has 10 nitrogen and oxygen atoms in total. The second-order valence-electron chi connectivity index (χ2n) is 6.67. The summed E-state index contributed by atoms with van der Waals surface area (Å²) in [6.07, 6.45) is 1.20. The van der Waals surface area contributed by atoms with Gasteiger partial charge in [0.05, 0.1) is 17.1 Å². The van der Waals surface area contributed by atoms with Crippen LogP contribution in [0.15, 0.2) is 35.1 Å². The van der Waals surface area contributed by atoms with Crippen molar-refractivity contribution in [1.29, 1.82) is 0 Å². The maximum atomic E-state index is 12.9. The number of nitrogens with one attached hydrogen (secondary N) is 2. The van der Waals surface area contributed by atoms with Crippen molar-refractivity contribution in [3.63, 3.8) is 0 Å². The van der Waals surface area contributed by atoms with Crippen LogP contribution in [-0.4, -0.2) is 31.0 Å². The van der Waals surface area contributed by atoms with Crippen molar-refractivity contribution >= 4 is 22.8 Å². The van der Waals surface area contributed by atoms with E-state index in [0.29, 0.717) is 39.4 Å². The molecule has 0 fully saturated rings. The lowest BCUT2D eigenvalue weighted by atomic mass is 10.1. The first-order valence-corrected chi connectivity index (χ1v) is 9.12. The van der Waals surface area contributed by atoms with Crippen molar-refractivity contribution in [2.45, 2.75) is 26.2 Å². The number of H-pyrrole nitrogens is 1. The van der Waals surface area contributed by atoms with Crippen molar-refractivity contribution < 1.29 is 13.7 Å². The molecule has 0 unspecified atom stereocenters. The van der Waals surface area contributed by atoms with E-state index < -0.39 is 18.6 Å². The molecule has 0 bridgehead atoms. The van der Waals surface area contributed by atoms with Crippen LogP contribution in [0.25, 0.3) is 22.6 Å². The molecule has 1 aromatic carbocycles. The summed E-state index contributed by atoms with van der Waals surface area (Å²) < 4.78 is 18.2. The molecule has 154 valence electrons. The number of aromatic amines is 1. The number of nitrogen functional groups attached to an aromatic ring is 1. The maximum Gasteiger partial charge on any atom is 0.271 e. The molecule has 0 aliphatic carbocycles. The van der Waals surface area contributed by atoms with Gasteiger partial charge >= 0.3 is 0 Å². The van der Waals surface area contributed by atoms with Crippen LogP contribution in [0.5, 0.6) is 0 Å². The fourth-order valence-electron chi connectivity index (χ4n) is 3.03. The van der Waals surface area contributed by atoms with Gasteiger partial charge in [-0.1, -0.05) is 11.2 Å². The summed E-state index contributed by atoms with van der Waals surface area (Å²) in [5, 5.41) is 6.79. The number of nitrogens with two attached hydrogens (primary N) is 2. The van der Waals surface area contributed by atoms with Crippen LogP contribution < -0.4 is 16.8 Å². The van der Waals surface area contributed by atoms with Crippen LogP contribution in [0, 0.1) is 0 Å². The van der Waals surface area contributed by atoms with Crippen LogP contribution in [0.2, 0.25) is 0 Å². The number of hydrogen-bond donors (Lipinski definition) is 4. The Labute approximate surface area is 169 Å². The summed E-state index contributed by atoms with van der Waals surface area (Å²) in [6.45, 7) is 1.22. The molecule has 0 saturated heterocycles. The zero-order valence-electron chi connectivity index (χ0n) is 16.0. The molecule has 6 N–H and O–H groups in total. The van der Waals surface area contributed by atoms with Crippen LogP contribution >= 0.6 is 0 Å². The molecular formula is C19H19FN8O2. The first-order chi connectivity index (χ1) is 14.5. The highest BCUT2D eigenvalue weighted by atomic mass is 19.1. The fourth-order valence-corrected chi connectivity index (χ4v) is 3.03. The lowest BCUT2D eigenvalue weighted by Crippen LogP contribution is -2.29. The van der Waals surface area contributed by atoms with Gasteiger partial charge in [-0.2, -0.15) is 0 Å². The molecule has 3 heterocycles. The first kappa shape index (κ1) is 19.5. The Morgan fingerprint density at radius 3 is 2.93 bits per heavy atom. The molecule has 3 aromatic heterocycles. The first-order valence-electron chi connectivity index (χ1n) is 9.12. The van der Waals surface area contributed by atoms with Gasteiger partial charge in [0.2, 0.25) is 0 Å². The number of hydrogen-bond acceptors (Lipinski definition) is 8. The second-order valence-corrected chi connectivity index (χ2v) is 6.67. The molecular weight excluding hydrogens is 391 g/mol. The van der Waals surface area contributed by atoms with E-state index in [4.69, 9.17) is 16.0 Å². The summed E-state index contributed by atoms with van der Waals surface area (Å²) in [7, 11) is 0. The number of alkyl halides is 1. The van der Waals surface area contributed by atoms with Crippen LogP contribution in [0.1, 0.15) is 40.3 Å². The number of halogens is 1. The van der Waals surface area contributed by atoms with E-state index in [2.05, 4.69) is 30.4 Å². The Balaban J connectivity index is 1.54. The molecule has 0 aliphatic rings. The smallest absolute Gasteiger partial charge is 0.271 e. The maximum absolute atomic E-state index is 12.9. The number of fused-ring (bicyclic) bond motifs is 1. The number of imidazole rings is 1. The van der Waals surface area contributed by atoms with E-state index in [0.717, 1.165) is 0 Å². The Kier molecular flexibility index (Phi) is 5.11. The number of amides is 1. The molecule has 30 heavy (non-hydrogen) atoms. The van der Waals surface area contributed by atoms with Gasteiger partial charge in [-0.05, 0) is 24.6 Å². The minimum atomic E-state index is -0.556.